The smallest absolute Gasteiger partial charge is 0.209 e. The second-order valence-corrected chi connectivity index (χ2v) is 6.14. The summed E-state index contributed by atoms with van der Waals surface area (Å²) in [5.74, 6) is 1.46. The molecular weight excluding hydrogens is 325 g/mol. The second-order valence-electron chi connectivity index (χ2n) is 4.36. The topological polar surface area (TPSA) is 41.6 Å². The van der Waals surface area contributed by atoms with Gasteiger partial charge in [-0.25, -0.2) is 4.98 Å². The van der Waals surface area contributed by atoms with Crippen molar-refractivity contribution in [3.05, 3.63) is 64.1 Å². The molecule has 3 aromatic rings. The first-order valence-electron chi connectivity index (χ1n) is 6.27. The normalized spacial score (nSPS) is 10.8. The van der Waals surface area contributed by atoms with Crippen LogP contribution in [0.15, 0.2) is 53.7 Å². The number of aromatic amines is 1. The minimum absolute atomic E-state index is 0.637. The summed E-state index contributed by atoms with van der Waals surface area (Å²) >= 11 is 13.6. The number of halogens is 2. The van der Waals surface area contributed by atoms with Crippen molar-refractivity contribution in [2.45, 2.75) is 10.9 Å². The SMILES string of the molecule is Clc1ccc(CSc2n[nH]c(-c3ccccc3)n2)c(Cl)c1. The first-order valence-corrected chi connectivity index (χ1v) is 8.01. The minimum atomic E-state index is 0.637. The summed E-state index contributed by atoms with van der Waals surface area (Å²) in [6.45, 7) is 0. The summed E-state index contributed by atoms with van der Waals surface area (Å²) < 4.78 is 0. The van der Waals surface area contributed by atoms with E-state index in [-0.39, 0.29) is 0 Å². The highest BCUT2D eigenvalue weighted by Gasteiger charge is 2.08. The molecule has 0 spiro atoms. The Bertz CT molecular complexity index is 744. The maximum Gasteiger partial charge on any atom is 0.209 e. The Morgan fingerprint density at radius 2 is 1.86 bits per heavy atom. The summed E-state index contributed by atoms with van der Waals surface area (Å²) in [5, 5.41) is 9.15. The zero-order chi connectivity index (χ0) is 14.7. The third kappa shape index (κ3) is 3.59. The van der Waals surface area contributed by atoms with Gasteiger partial charge < -0.3 is 0 Å². The van der Waals surface area contributed by atoms with E-state index in [0.717, 1.165) is 17.0 Å². The Kier molecular flexibility index (Phi) is 4.48. The van der Waals surface area contributed by atoms with Crippen molar-refractivity contribution in [2.24, 2.45) is 0 Å². The number of H-pyrrole nitrogens is 1. The Morgan fingerprint density at radius 1 is 1.05 bits per heavy atom. The predicted molar refractivity (Wildman–Crippen MR) is 87.8 cm³/mol. The van der Waals surface area contributed by atoms with Crippen molar-refractivity contribution in [3.63, 3.8) is 0 Å². The van der Waals surface area contributed by atoms with Gasteiger partial charge in [0.1, 0.15) is 0 Å². The fraction of sp³-hybridized carbons (Fsp3) is 0.0667. The summed E-state index contributed by atoms with van der Waals surface area (Å²) in [4.78, 5) is 4.47. The molecule has 1 aromatic heterocycles. The van der Waals surface area contributed by atoms with Crippen molar-refractivity contribution in [1.29, 1.82) is 0 Å². The highest BCUT2D eigenvalue weighted by Crippen LogP contribution is 2.27. The monoisotopic (exact) mass is 335 g/mol. The molecule has 1 N–H and O–H groups in total. The molecule has 1 heterocycles. The van der Waals surface area contributed by atoms with Gasteiger partial charge in [0.05, 0.1) is 0 Å². The van der Waals surface area contributed by atoms with Crippen LogP contribution in [0, 0.1) is 0 Å². The number of thioether (sulfide) groups is 1. The number of nitrogens with zero attached hydrogens (tertiary/aromatic N) is 2. The van der Waals surface area contributed by atoms with Crippen LogP contribution in [0.4, 0.5) is 0 Å². The molecule has 106 valence electrons. The van der Waals surface area contributed by atoms with E-state index < -0.39 is 0 Å². The Hall–Kier alpha value is -1.49. The highest BCUT2D eigenvalue weighted by atomic mass is 35.5. The molecule has 6 heteroatoms. The standard InChI is InChI=1S/C15H11Cl2N3S/c16-12-7-6-11(13(17)8-12)9-21-15-18-14(19-20-15)10-4-2-1-3-5-10/h1-8H,9H2,(H,18,19,20). The summed E-state index contributed by atoms with van der Waals surface area (Å²) in [5.41, 5.74) is 2.03. The molecule has 0 fully saturated rings. The van der Waals surface area contributed by atoms with E-state index in [1.54, 1.807) is 6.07 Å². The first kappa shape index (κ1) is 14.4. The molecule has 0 saturated carbocycles. The lowest BCUT2D eigenvalue weighted by Gasteiger charge is -2.02. The van der Waals surface area contributed by atoms with Crippen molar-refractivity contribution in [1.82, 2.24) is 15.2 Å². The van der Waals surface area contributed by atoms with Gasteiger partial charge >= 0.3 is 0 Å². The van der Waals surface area contributed by atoms with Crippen molar-refractivity contribution >= 4 is 35.0 Å². The van der Waals surface area contributed by atoms with Crippen LogP contribution in [-0.4, -0.2) is 15.2 Å². The van der Waals surface area contributed by atoms with E-state index in [2.05, 4.69) is 15.2 Å². The molecule has 3 nitrogen and oxygen atoms in total. The molecule has 0 amide bonds. The average Bonchev–Trinajstić information content (AvgIpc) is 2.96. The van der Waals surface area contributed by atoms with Crippen LogP contribution in [-0.2, 0) is 5.75 Å². The summed E-state index contributed by atoms with van der Waals surface area (Å²) in [7, 11) is 0. The van der Waals surface area contributed by atoms with Crippen LogP contribution < -0.4 is 0 Å². The lowest BCUT2D eigenvalue weighted by atomic mass is 10.2. The van der Waals surface area contributed by atoms with Crippen LogP contribution in [0.25, 0.3) is 11.4 Å². The quantitative estimate of drug-likeness (QED) is 0.676. The van der Waals surface area contributed by atoms with Crippen LogP contribution in [0.1, 0.15) is 5.56 Å². The molecule has 0 atom stereocenters. The molecular formula is C15H11Cl2N3S. The van der Waals surface area contributed by atoms with E-state index in [9.17, 15) is 0 Å². The zero-order valence-electron chi connectivity index (χ0n) is 10.9. The molecule has 0 unspecified atom stereocenters. The molecule has 21 heavy (non-hydrogen) atoms. The second kappa shape index (κ2) is 6.52. The molecule has 0 radical (unpaired) electrons. The maximum atomic E-state index is 6.15. The summed E-state index contributed by atoms with van der Waals surface area (Å²) in [6, 6.07) is 15.4. The molecule has 3 rings (SSSR count). The van der Waals surface area contributed by atoms with E-state index in [1.807, 2.05) is 42.5 Å². The number of hydrogen-bond acceptors (Lipinski definition) is 3. The minimum Gasteiger partial charge on any atom is -0.258 e. The zero-order valence-corrected chi connectivity index (χ0v) is 13.2. The van der Waals surface area contributed by atoms with Crippen molar-refractivity contribution in [2.75, 3.05) is 0 Å². The van der Waals surface area contributed by atoms with Gasteiger partial charge in [0.25, 0.3) is 0 Å². The van der Waals surface area contributed by atoms with Crippen LogP contribution >= 0.6 is 35.0 Å². The lowest BCUT2D eigenvalue weighted by Crippen LogP contribution is -1.84. The van der Waals surface area contributed by atoms with E-state index in [4.69, 9.17) is 23.2 Å². The highest BCUT2D eigenvalue weighted by molar-refractivity contribution is 7.98. The van der Waals surface area contributed by atoms with Gasteiger partial charge in [-0.05, 0) is 17.7 Å². The molecule has 0 aliphatic rings. The van der Waals surface area contributed by atoms with Gasteiger partial charge in [0.2, 0.25) is 5.16 Å². The first-order chi connectivity index (χ1) is 10.2. The molecule has 0 bridgehead atoms. The Labute approximate surface area is 136 Å². The van der Waals surface area contributed by atoms with Gasteiger partial charge in [0, 0.05) is 21.4 Å². The third-order valence-electron chi connectivity index (χ3n) is 2.88. The van der Waals surface area contributed by atoms with Gasteiger partial charge in [-0.2, -0.15) is 0 Å². The number of rotatable bonds is 4. The van der Waals surface area contributed by atoms with E-state index in [1.165, 1.54) is 11.8 Å². The molecule has 2 aromatic carbocycles. The number of hydrogen-bond donors (Lipinski definition) is 1. The van der Waals surface area contributed by atoms with Crippen LogP contribution in [0.2, 0.25) is 10.0 Å². The van der Waals surface area contributed by atoms with Crippen LogP contribution in [0.5, 0.6) is 0 Å². The van der Waals surface area contributed by atoms with Crippen molar-refractivity contribution < 1.29 is 0 Å². The van der Waals surface area contributed by atoms with Gasteiger partial charge in [-0.3, -0.25) is 5.10 Å². The Morgan fingerprint density at radius 3 is 2.62 bits per heavy atom. The van der Waals surface area contributed by atoms with E-state index in [0.29, 0.717) is 21.0 Å². The van der Waals surface area contributed by atoms with Crippen molar-refractivity contribution in [3.8, 4) is 11.4 Å². The van der Waals surface area contributed by atoms with Gasteiger partial charge in [0.15, 0.2) is 5.82 Å². The number of benzene rings is 2. The molecule has 0 saturated heterocycles. The van der Waals surface area contributed by atoms with E-state index >= 15 is 0 Å². The van der Waals surface area contributed by atoms with Crippen LogP contribution in [0.3, 0.4) is 0 Å². The van der Waals surface area contributed by atoms with Gasteiger partial charge in [-0.15, -0.1) is 5.10 Å². The lowest BCUT2D eigenvalue weighted by molar-refractivity contribution is 0.973. The fourth-order valence-corrected chi connectivity index (χ4v) is 3.17. The average molecular weight is 336 g/mol. The number of aromatic nitrogens is 3. The number of nitrogens with one attached hydrogen (secondary N) is 1. The third-order valence-corrected chi connectivity index (χ3v) is 4.37. The molecule has 0 aliphatic carbocycles. The Balaban J connectivity index is 1.70. The largest absolute Gasteiger partial charge is 0.258 e. The fourth-order valence-electron chi connectivity index (χ4n) is 1.82. The molecule has 0 aliphatic heterocycles. The predicted octanol–water partition coefficient (Wildman–Crippen LogP) is 5.07. The summed E-state index contributed by atoms with van der Waals surface area (Å²) in [6.07, 6.45) is 0. The maximum absolute atomic E-state index is 6.15. The van der Waals surface area contributed by atoms with Gasteiger partial charge in [-0.1, -0.05) is 71.4 Å².